The van der Waals surface area contributed by atoms with Gasteiger partial charge in [-0.15, -0.1) is 0 Å². The molecule has 2 nitrogen and oxygen atoms in total. The summed E-state index contributed by atoms with van der Waals surface area (Å²) >= 11 is 0. The van der Waals surface area contributed by atoms with E-state index in [0.717, 1.165) is 12.8 Å². The van der Waals surface area contributed by atoms with E-state index < -0.39 is 11.8 Å². The Labute approximate surface area is 88.7 Å². The third kappa shape index (κ3) is 3.23. The minimum atomic E-state index is -1.03. The highest BCUT2D eigenvalue weighted by Gasteiger charge is 2.09. The van der Waals surface area contributed by atoms with Crippen LogP contribution in [-0.2, 0) is 6.54 Å². The van der Waals surface area contributed by atoms with E-state index in [1.807, 2.05) is 0 Å². The van der Waals surface area contributed by atoms with Crippen molar-refractivity contribution >= 4 is 0 Å². The second-order valence-electron chi connectivity index (χ2n) is 3.47. The molecule has 0 aliphatic rings. The zero-order valence-electron chi connectivity index (χ0n) is 9.06. The Hall–Kier alpha value is -1.03. The number of hydrogen-bond acceptors (Lipinski definition) is 2. The van der Waals surface area contributed by atoms with E-state index in [4.69, 9.17) is 0 Å². The normalized spacial score (nSPS) is 11.0. The first kappa shape index (κ1) is 12.0. The van der Waals surface area contributed by atoms with Crippen LogP contribution in [0, 0.1) is 11.8 Å². The van der Waals surface area contributed by atoms with E-state index in [2.05, 4.69) is 24.1 Å². The molecule has 1 rings (SSSR count). The summed E-state index contributed by atoms with van der Waals surface area (Å²) in [5.74, 6) is -1.88. The Bertz CT molecular complexity index is 311. The third-order valence-electron chi connectivity index (χ3n) is 2.49. The summed E-state index contributed by atoms with van der Waals surface area (Å²) in [5, 5.41) is 3.17. The maximum atomic E-state index is 13.2. The molecule has 1 N–H and O–H groups in total. The number of nitrogens with zero attached hydrogens (tertiary/aromatic N) is 1. The van der Waals surface area contributed by atoms with Crippen molar-refractivity contribution in [1.29, 1.82) is 0 Å². The van der Waals surface area contributed by atoms with Gasteiger partial charge in [0.1, 0.15) is 0 Å². The highest BCUT2D eigenvalue weighted by atomic mass is 19.2. The summed E-state index contributed by atoms with van der Waals surface area (Å²) in [6.07, 6.45) is 3.24. The van der Waals surface area contributed by atoms with Gasteiger partial charge in [-0.05, 0) is 18.9 Å². The molecular weight excluding hydrogens is 198 g/mol. The molecule has 1 heterocycles. The number of halogens is 2. The molecule has 1 aromatic rings. The molecule has 0 aliphatic carbocycles. The number of nitrogens with one attached hydrogen (secondary N) is 1. The Morgan fingerprint density at radius 1 is 1.33 bits per heavy atom. The van der Waals surface area contributed by atoms with Crippen molar-refractivity contribution in [2.24, 2.45) is 0 Å². The van der Waals surface area contributed by atoms with Gasteiger partial charge in [-0.25, -0.2) is 9.37 Å². The van der Waals surface area contributed by atoms with Crippen LogP contribution >= 0.6 is 0 Å². The van der Waals surface area contributed by atoms with E-state index in [-0.39, 0.29) is 0 Å². The smallest absolute Gasteiger partial charge is 0.249 e. The quantitative estimate of drug-likeness (QED) is 0.762. The van der Waals surface area contributed by atoms with Gasteiger partial charge in [0.2, 0.25) is 5.95 Å². The molecule has 0 aromatic carbocycles. The SMILES string of the molecule is CCC(CC)NCc1ccnc(F)c1F. The minimum absolute atomic E-state index is 0.328. The van der Waals surface area contributed by atoms with Crippen LogP contribution in [0.15, 0.2) is 12.3 Å². The number of rotatable bonds is 5. The molecule has 4 heteroatoms. The van der Waals surface area contributed by atoms with Crippen LogP contribution in [0.5, 0.6) is 0 Å². The van der Waals surface area contributed by atoms with Gasteiger partial charge in [-0.2, -0.15) is 4.39 Å². The zero-order chi connectivity index (χ0) is 11.3. The second-order valence-corrected chi connectivity index (χ2v) is 3.47. The maximum absolute atomic E-state index is 13.2. The fraction of sp³-hybridized carbons (Fsp3) is 0.545. The fourth-order valence-corrected chi connectivity index (χ4v) is 1.42. The molecule has 0 saturated heterocycles. The summed E-state index contributed by atoms with van der Waals surface area (Å²) in [6.45, 7) is 4.47. The molecule has 0 unspecified atom stereocenters. The standard InChI is InChI=1S/C11H16F2N2/c1-3-9(4-2)15-7-8-5-6-14-11(13)10(8)12/h5-6,9,15H,3-4,7H2,1-2H3. The molecule has 0 aliphatic heterocycles. The summed E-state index contributed by atoms with van der Waals surface area (Å²) in [4.78, 5) is 3.24. The lowest BCUT2D eigenvalue weighted by molar-refractivity contribution is 0.446. The molecular formula is C11H16F2N2. The first-order chi connectivity index (χ1) is 7.19. The van der Waals surface area contributed by atoms with Crippen molar-refractivity contribution in [3.8, 4) is 0 Å². The van der Waals surface area contributed by atoms with E-state index in [9.17, 15) is 8.78 Å². The van der Waals surface area contributed by atoms with Crippen molar-refractivity contribution in [2.75, 3.05) is 0 Å². The van der Waals surface area contributed by atoms with Gasteiger partial charge in [0.15, 0.2) is 5.82 Å². The van der Waals surface area contributed by atoms with Gasteiger partial charge in [0, 0.05) is 24.3 Å². The topological polar surface area (TPSA) is 24.9 Å². The van der Waals surface area contributed by atoms with E-state index in [1.54, 1.807) is 0 Å². The number of pyridine rings is 1. The lowest BCUT2D eigenvalue weighted by Crippen LogP contribution is -2.27. The van der Waals surface area contributed by atoms with Crippen molar-refractivity contribution in [2.45, 2.75) is 39.3 Å². The van der Waals surface area contributed by atoms with Crippen LogP contribution in [0.4, 0.5) is 8.78 Å². The first-order valence-electron chi connectivity index (χ1n) is 5.21. The Balaban J connectivity index is 2.61. The summed E-state index contributed by atoms with van der Waals surface area (Å²) < 4.78 is 25.9. The monoisotopic (exact) mass is 214 g/mol. The molecule has 0 amide bonds. The Kier molecular flexibility index (Phi) is 4.62. The first-order valence-corrected chi connectivity index (χ1v) is 5.21. The van der Waals surface area contributed by atoms with Gasteiger partial charge >= 0.3 is 0 Å². The highest BCUT2D eigenvalue weighted by molar-refractivity contribution is 5.13. The van der Waals surface area contributed by atoms with Gasteiger partial charge in [0.25, 0.3) is 0 Å². The predicted octanol–water partition coefficient (Wildman–Crippen LogP) is 2.64. The van der Waals surface area contributed by atoms with Crippen molar-refractivity contribution in [3.05, 3.63) is 29.6 Å². The highest BCUT2D eigenvalue weighted by Crippen LogP contribution is 2.09. The molecule has 0 bridgehead atoms. The molecule has 0 radical (unpaired) electrons. The van der Waals surface area contributed by atoms with Gasteiger partial charge in [-0.3, -0.25) is 0 Å². The van der Waals surface area contributed by atoms with Crippen molar-refractivity contribution < 1.29 is 8.78 Å². The van der Waals surface area contributed by atoms with Crippen molar-refractivity contribution in [1.82, 2.24) is 10.3 Å². The molecule has 1 aromatic heterocycles. The Morgan fingerprint density at radius 3 is 2.60 bits per heavy atom. The third-order valence-corrected chi connectivity index (χ3v) is 2.49. The molecule has 0 saturated carbocycles. The Morgan fingerprint density at radius 2 is 2.00 bits per heavy atom. The number of hydrogen-bond donors (Lipinski definition) is 1. The predicted molar refractivity (Wildman–Crippen MR) is 55.4 cm³/mol. The summed E-state index contributed by atoms with van der Waals surface area (Å²) in [5.41, 5.74) is 0.328. The minimum Gasteiger partial charge on any atom is -0.310 e. The average molecular weight is 214 g/mol. The fourth-order valence-electron chi connectivity index (χ4n) is 1.42. The molecule has 0 atom stereocenters. The van der Waals surface area contributed by atoms with Crippen LogP contribution in [0.25, 0.3) is 0 Å². The molecule has 15 heavy (non-hydrogen) atoms. The maximum Gasteiger partial charge on any atom is 0.249 e. The largest absolute Gasteiger partial charge is 0.310 e. The summed E-state index contributed by atoms with van der Waals surface area (Å²) in [7, 11) is 0. The van der Waals surface area contributed by atoms with Crippen molar-refractivity contribution in [3.63, 3.8) is 0 Å². The lowest BCUT2D eigenvalue weighted by atomic mass is 10.1. The average Bonchev–Trinajstić information content (AvgIpc) is 2.25. The van der Waals surface area contributed by atoms with Gasteiger partial charge in [-0.1, -0.05) is 13.8 Å². The zero-order valence-corrected chi connectivity index (χ0v) is 9.06. The van der Waals surface area contributed by atoms with E-state index in [0.29, 0.717) is 18.2 Å². The molecule has 84 valence electrons. The van der Waals surface area contributed by atoms with Gasteiger partial charge < -0.3 is 5.32 Å². The van der Waals surface area contributed by atoms with Crippen LogP contribution in [0.2, 0.25) is 0 Å². The van der Waals surface area contributed by atoms with Crippen LogP contribution < -0.4 is 5.32 Å². The van der Waals surface area contributed by atoms with Crippen LogP contribution in [-0.4, -0.2) is 11.0 Å². The molecule has 0 fully saturated rings. The van der Waals surface area contributed by atoms with Crippen LogP contribution in [0.3, 0.4) is 0 Å². The van der Waals surface area contributed by atoms with Crippen LogP contribution in [0.1, 0.15) is 32.3 Å². The van der Waals surface area contributed by atoms with E-state index >= 15 is 0 Å². The number of aromatic nitrogens is 1. The van der Waals surface area contributed by atoms with Gasteiger partial charge in [0.05, 0.1) is 0 Å². The summed E-state index contributed by atoms with van der Waals surface area (Å²) in [6, 6.07) is 1.84. The lowest BCUT2D eigenvalue weighted by Gasteiger charge is -2.14. The van der Waals surface area contributed by atoms with E-state index in [1.165, 1.54) is 12.3 Å². The molecule has 0 spiro atoms. The second kappa shape index (κ2) is 5.75.